The van der Waals surface area contributed by atoms with Crippen LogP contribution in [-0.2, 0) is 9.59 Å². The molecule has 20 heavy (non-hydrogen) atoms. The third-order valence-electron chi connectivity index (χ3n) is 3.83. The average Bonchev–Trinajstić information content (AvgIpc) is 2.42. The van der Waals surface area contributed by atoms with Gasteiger partial charge >= 0.3 is 0 Å². The van der Waals surface area contributed by atoms with Crippen molar-refractivity contribution in [3.05, 3.63) is 29.8 Å². The normalized spacial score (nSPS) is 23.0. The van der Waals surface area contributed by atoms with E-state index in [9.17, 15) is 18.4 Å². The van der Waals surface area contributed by atoms with Gasteiger partial charge in [0, 0.05) is 12.6 Å². The molecule has 2 aliphatic rings. The maximum atomic E-state index is 13.3. The van der Waals surface area contributed by atoms with E-state index < -0.39 is 17.7 Å². The van der Waals surface area contributed by atoms with Gasteiger partial charge in [0.05, 0.1) is 5.69 Å². The summed E-state index contributed by atoms with van der Waals surface area (Å²) in [4.78, 5) is 27.3. The molecule has 1 aromatic carbocycles. The molecule has 3 rings (SSSR count). The van der Waals surface area contributed by atoms with Crippen molar-refractivity contribution in [1.82, 2.24) is 4.90 Å². The molecule has 2 amide bonds. The van der Waals surface area contributed by atoms with E-state index in [1.807, 2.05) is 0 Å². The summed E-state index contributed by atoms with van der Waals surface area (Å²) >= 11 is 0. The third kappa shape index (κ3) is 2.15. The summed E-state index contributed by atoms with van der Waals surface area (Å²) in [6, 6.07) is 2.41. The number of amides is 2. The summed E-state index contributed by atoms with van der Waals surface area (Å²) in [6.07, 6.45) is 2.38. The lowest BCUT2D eigenvalue weighted by Gasteiger charge is -2.42. The van der Waals surface area contributed by atoms with Crippen molar-refractivity contribution in [3.63, 3.8) is 0 Å². The SMILES string of the molecule is O=C1C2CCCCN2C(=O)CN1c1cc(F)cc(F)c1. The Morgan fingerprint density at radius 1 is 1.05 bits per heavy atom. The first kappa shape index (κ1) is 13.0. The van der Waals surface area contributed by atoms with Crippen LogP contribution in [0.3, 0.4) is 0 Å². The number of fused-ring (bicyclic) bond motifs is 1. The molecule has 0 N–H and O–H groups in total. The number of benzene rings is 1. The maximum Gasteiger partial charge on any atom is 0.250 e. The summed E-state index contributed by atoms with van der Waals surface area (Å²) in [5.74, 6) is -1.94. The Morgan fingerprint density at radius 2 is 1.75 bits per heavy atom. The third-order valence-corrected chi connectivity index (χ3v) is 3.83. The predicted molar refractivity (Wildman–Crippen MR) is 68.1 cm³/mol. The fraction of sp³-hybridized carbons (Fsp3) is 0.429. The summed E-state index contributed by atoms with van der Waals surface area (Å²) < 4.78 is 26.5. The van der Waals surface area contributed by atoms with Crippen molar-refractivity contribution in [2.75, 3.05) is 18.0 Å². The molecular formula is C14H14F2N2O2. The van der Waals surface area contributed by atoms with E-state index in [0.29, 0.717) is 13.0 Å². The second kappa shape index (κ2) is 4.85. The highest BCUT2D eigenvalue weighted by molar-refractivity contribution is 6.06. The van der Waals surface area contributed by atoms with Gasteiger partial charge in [0.25, 0.3) is 0 Å². The number of piperidine rings is 1. The molecule has 2 saturated heterocycles. The standard InChI is InChI=1S/C14H14F2N2O2/c15-9-5-10(16)7-11(6-9)18-8-13(19)17-4-2-1-3-12(17)14(18)20/h5-7,12H,1-4,8H2. The van der Waals surface area contributed by atoms with Crippen LogP contribution in [-0.4, -0.2) is 35.8 Å². The minimum atomic E-state index is -0.758. The van der Waals surface area contributed by atoms with E-state index in [-0.39, 0.29) is 24.0 Å². The zero-order valence-corrected chi connectivity index (χ0v) is 10.8. The average molecular weight is 280 g/mol. The second-order valence-corrected chi connectivity index (χ2v) is 5.15. The van der Waals surface area contributed by atoms with Crippen LogP contribution in [0.25, 0.3) is 0 Å². The summed E-state index contributed by atoms with van der Waals surface area (Å²) in [7, 11) is 0. The number of rotatable bonds is 1. The first-order chi connectivity index (χ1) is 9.56. The van der Waals surface area contributed by atoms with E-state index >= 15 is 0 Å². The molecule has 2 fully saturated rings. The minimum absolute atomic E-state index is 0.103. The molecule has 106 valence electrons. The van der Waals surface area contributed by atoms with Crippen LogP contribution in [0, 0.1) is 11.6 Å². The summed E-state index contributed by atoms with van der Waals surface area (Å²) in [5, 5.41) is 0. The highest BCUT2D eigenvalue weighted by Gasteiger charge is 2.41. The molecule has 6 heteroatoms. The van der Waals surface area contributed by atoms with Gasteiger partial charge in [-0.1, -0.05) is 0 Å². The zero-order chi connectivity index (χ0) is 14.3. The Balaban J connectivity index is 1.94. The van der Waals surface area contributed by atoms with Crippen molar-refractivity contribution in [2.45, 2.75) is 25.3 Å². The van der Waals surface area contributed by atoms with E-state index in [2.05, 4.69) is 0 Å². The van der Waals surface area contributed by atoms with Crippen molar-refractivity contribution in [3.8, 4) is 0 Å². The lowest BCUT2D eigenvalue weighted by Crippen LogP contribution is -2.61. The van der Waals surface area contributed by atoms with Crippen LogP contribution in [0.5, 0.6) is 0 Å². The van der Waals surface area contributed by atoms with Crippen molar-refractivity contribution < 1.29 is 18.4 Å². The van der Waals surface area contributed by atoms with Crippen molar-refractivity contribution in [2.24, 2.45) is 0 Å². The van der Waals surface area contributed by atoms with E-state index in [4.69, 9.17) is 0 Å². The second-order valence-electron chi connectivity index (χ2n) is 5.15. The Morgan fingerprint density at radius 3 is 2.45 bits per heavy atom. The Labute approximate surface area is 115 Å². The molecule has 2 aliphatic heterocycles. The van der Waals surface area contributed by atoms with Gasteiger partial charge in [0.1, 0.15) is 24.2 Å². The van der Waals surface area contributed by atoms with E-state index in [1.54, 1.807) is 4.90 Å². The fourth-order valence-corrected chi connectivity index (χ4v) is 2.88. The van der Waals surface area contributed by atoms with Gasteiger partial charge < -0.3 is 9.80 Å². The van der Waals surface area contributed by atoms with Gasteiger partial charge in [0.2, 0.25) is 11.8 Å². The number of nitrogens with zero attached hydrogens (tertiary/aromatic N) is 2. The lowest BCUT2D eigenvalue weighted by atomic mass is 9.98. The monoisotopic (exact) mass is 280 g/mol. The quantitative estimate of drug-likeness (QED) is 0.785. The summed E-state index contributed by atoms with van der Waals surface area (Å²) in [5.41, 5.74) is 0.103. The number of hydrogen-bond acceptors (Lipinski definition) is 2. The Kier molecular flexibility index (Phi) is 3.16. The number of carbonyl (C=O) groups is 2. The Bertz CT molecular complexity index is 556. The van der Waals surface area contributed by atoms with Crippen LogP contribution in [0.1, 0.15) is 19.3 Å². The highest BCUT2D eigenvalue weighted by atomic mass is 19.1. The number of halogens is 2. The predicted octanol–water partition coefficient (Wildman–Crippen LogP) is 1.69. The van der Waals surface area contributed by atoms with Gasteiger partial charge in [-0.25, -0.2) is 8.78 Å². The van der Waals surface area contributed by atoms with Crippen LogP contribution >= 0.6 is 0 Å². The smallest absolute Gasteiger partial charge is 0.250 e. The maximum absolute atomic E-state index is 13.3. The molecule has 4 nitrogen and oxygen atoms in total. The highest BCUT2D eigenvalue weighted by Crippen LogP contribution is 2.27. The molecule has 0 aliphatic carbocycles. The molecule has 0 aromatic heterocycles. The van der Waals surface area contributed by atoms with E-state index in [0.717, 1.165) is 31.0 Å². The minimum Gasteiger partial charge on any atom is -0.329 e. The largest absolute Gasteiger partial charge is 0.329 e. The topological polar surface area (TPSA) is 40.6 Å². The van der Waals surface area contributed by atoms with Crippen molar-refractivity contribution >= 4 is 17.5 Å². The molecule has 0 saturated carbocycles. The van der Waals surface area contributed by atoms with Crippen molar-refractivity contribution in [1.29, 1.82) is 0 Å². The molecule has 0 bridgehead atoms. The van der Waals surface area contributed by atoms with Gasteiger partial charge in [-0.2, -0.15) is 0 Å². The summed E-state index contributed by atoms with van der Waals surface area (Å²) in [6.45, 7) is 0.429. The van der Waals surface area contributed by atoms with Crippen LogP contribution in [0.4, 0.5) is 14.5 Å². The van der Waals surface area contributed by atoms with Gasteiger partial charge in [0.15, 0.2) is 0 Å². The van der Waals surface area contributed by atoms with Gasteiger partial charge in [-0.05, 0) is 31.4 Å². The number of piperazine rings is 1. The molecule has 0 spiro atoms. The Hall–Kier alpha value is -1.98. The lowest BCUT2D eigenvalue weighted by molar-refractivity contribution is -0.144. The molecule has 1 atom stereocenters. The van der Waals surface area contributed by atoms with Crippen LogP contribution in [0.2, 0.25) is 0 Å². The van der Waals surface area contributed by atoms with Crippen LogP contribution < -0.4 is 4.90 Å². The zero-order valence-electron chi connectivity index (χ0n) is 10.8. The molecule has 0 radical (unpaired) electrons. The fourth-order valence-electron chi connectivity index (χ4n) is 2.88. The first-order valence-electron chi connectivity index (χ1n) is 6.63. The molecule has 2 heterocycles. The molecular weight excluding hydrogens is 266 g/mol. The number of anilines is 1. The molecule has 1 aromatic rings. The number of hydrogen-bond donors (Lipinski definition) is 0. The molecule has 1 unspecified atom stereocenters. The van der Waals surface area contributed by atoms with E-state index in [1.165, 1.54) is 4.90 Å². The number of carbonyl (C=O) groups excluding carboxylic acids is 2. The van der Waals surface area contributed by atoms with Crippen LogP contribution in [0.15, 0.2) is 18.2 Å². The first-order valence-corrected chi connectivity index (χ1v) is 6.63. The van der Waals surface area contributed by atoms with Gasteiger partial charge in [-0.15, -0.1) is 0 Å². The van der Waals surface area contributed by atoms with Gasteiger partial charge in [-0.3, -0.25) is 9.59 Å².